The van der Waals surface area contributed by atoms with Gasteiger partial charge in [0.25, 0.3) is 0 Å². The summed E-state index contributed by atoms with van der Waals surface area (Å²) in [6.07, 6.45) is 0. The monoisotopic (exact) mass is 183 g/mol. The van der Waals surface area contributed by atoms with Crippen LogP contribution in [0.2, 0.25) is 15.4 Å². The first-order valence-electron chi connectivity index (χ1n) is 4.05. The second-order valence-corrected chi connectivity index (χ2v) is 10.2. The van der Waals surface area contributed by atoms with Crippen LogP contribution in [0.25, 0.3) is 0 Å². The van der Waals surface area contributed by atoms with E-state index in [1.165, 1.54) is 19.6 Å². The number of nitrogens with zero attached hydrogens (tertiary/aromatic N) is 1. The summed E-state index contributed by atoms with van der Waals surface area (Å²) in [6.45, 7) is 6.37. The Kier molecular flexibility index (Phi) is 3.16. The molecular formula is C7H16GaN. The summed E-state index contributed by atoms with van der Waals surface area (Å²) in [6, 6.07) is 0. The van der Waals surface area contributed by atoms with Gasteiger partial charge in [-0.2, -0.15) is 0 Å². The van der Waals surface area contributed by atoms with Crippen LogP contribution in [0.15, 0.2) is 0 Å². The Hall–Kier alpha value is 0.596. The van der Waals surface area contributed by atoms with Gasteiger partial charge >= 0.3 is 63.1 Å². The Labute approximate surface area is 63.5 Å². The number of hydrogen-bond acceptors (Lipinski definition) is 1. The molecule has 0 saturated carbocycles. The van der Waals surface area contributed by atoms with Gasteiger partial charge in [-0.1, -0.05) is 0 Å². The van der Waals surface area contributed by atoms with Crippen molar-refractivity contribution in [1.82, 2.24) is 4.90 Å². The third kappa shape index (κ3) is 2.36. The van der Waals surface area contributed by atoms with Crippen molar-refractivity contribution in [2.75, 3.05) is 19.6 Å². The van der Waals surface area contributed by atoms with Crippen LogP contribution in [0.4, 0.5) is 0 Å². The van der Waals surface area contributed by atoms with Crippen molar-refractivity contribution in [2.24, 2.45) is 0 Å². The molecule has 1 fully saturated rings. The summed E-state index contributed by atoms with van der Waals surface area (Å²) in [5.74, 6) is 0. The molecule has 0 amide bonds. The van der Waals surface area contributed by atoms with Gasteiger partial charge in [-0.05, 0) is 0 Å². The van der Waals surface area contributed by atoms with Crippen molar-refractivity contribution < 1.29 is 0 Å². The molecule has 0 aromatic rings. The third-order valence-corrected chi connectivity index (χ3v) is 7.54. The van der Waals surface area contributed by atoms with Gasteiger partial charge in [-0.25, -0.2) is 0 Å². The summed E-state index contributed by atoms with van der Waals surface area (Å²) in [7, 11) is 0. The fourth-order valence-electron chi connectivity index (χ4n) is 1.38. The minimum atomic E-state index is -0.597. The summed E-state index contributed by atoms with van der Waals surface area (Å²) < 4.78 is 0. The molecule has 0 atom stereocenters. The molecule has 1 rings (SSSR count). The fourth-order valence-corrected chi connectivity index (χ4v) is 5.37. The van der Waals surface area contributed by atoms with Gasteiger partial charge in [-0.3, -0.25) is 0 Å². The van der Waals surface area contributed by atoms with Gasteiger partial charge in [0.15, 0.2) is 0 Å². The van der Waals surface area contributed by atoms with Gasteiger partial charge in [0.2, 0.25) is 0 Å². The topological polar surface area (TPSA) is 3.24 Å². The standard InChI is InChI=1S/C6H13N.CH3.Ga/c1-4-7(5-2)6-3;;/h1-2,4-6H2,3H3;1H3;. The Balaban J connectivity index is 2.18. The second kappa shape index (κ2) is 3.69. The van der Waals surface area contributed by atoms with Crippen molar-refractivity contribution >= 4 is 16.2 Å². The van der Waals surface area contributed by atoms with E-state index in [-0.39, 0.29) is 0 Å². The van der Waals surface area contributed by atoms with Crippen LogP contribution in [-0.2, 0) is 0 Å². The van der Waals surface area contributed by atoms with E-state index in [1.54, 1.807) is 9.95 Å². The van der Waals surface area contributed by atoms with Crippen molar-refractivity contribution in [1.29, 1.82) is 0 Å². The van der Waals surface area contributed by atoms with Gasteiger partial charge in [0, 0.05) is 0 Å². The molecule has 1 aliphatic rings. The van der Waals surface area contributed by atoms with Crippen LogP contribution in [0.3, 0.4) is 0 Å². The third-order valence-electron chi connectivity index (χ3n) is 2.32. The van der Waals surface area contributed by atoms with Crippen LogP contribution in [0, 0.1) is 0 Å². The fraction of sp³-hybridized carbons (Fsp3) is 1.00. The Morgan fingerprint density at radius 1 is 1.33 bits per heavy atom. The Morgan fingerprint density at radius 2 is 1.89 bits per heavy atom. The molecule has 0 aromatic carbocycles. The zero-order valence-corrected chi connectivity index (χ0v) is 8.98. The van der Waals surface area contributed by atoms with Gasteiger partial charge in [0.1, 0.15) is 0 Å². The maximum absolute atomic E-state index is 2.57. The maximum atomic E-state index is 2.57. The normalized spacial score (nSPS) is 22.7. The van der Waals surface area contributed by atoms with Crippen molar-refractivity contribution in [3.8, 4) is 0 Å². The predicted molar refractivity (Wildman–Crippen MR) is 43.3 cm³/mol. The molecule has 0 bridgehead atoms. The molecule has 0 N–H and O–H groups in total. The van der Waals surface area contributed by atoms with E-state index in [0.717, 1.165) is 0 Å². The molecule has 1 aliphatic heterocycles. The van der Waals surface area contributed by atoms with Crippen molar-refractivity contribution in [3.63, 3.8) is 0 Å². The molecule has 1 heterocycles. The van der Waals surface area contributed by atoms with E-state index in [1.807, 2.05) is 0 Å². The molecule has 52 valence electrons. The molecule has 0 aliphatic carbocycles. The first kappa shape index (κ1) is 7.70. The van der Waals surface area contributed by atoms with E-state index >= 15 is 0 Å². The van der Waals surface area contributed by atoms with Crippen LogP contribution in [0.1, 0.15) is 6.92 Å². The molecular weight excluding hydrogens is 168 g/mol. The van der Waals surface area contributed by atoms with Crippen LogP contribution in [-0.4, -0.2) is 40.8 Å². The Bertz CT molecular complexity index is 77.0. The Morgan fingerprint density at radius 3 is 2.33 bits per heavy atom. The van der Waals surface area contributed by atoms with Crippen molar-refractivity contribution in [2.45, 2.75) is 22.4 Å². The molecule has 0 unspecified atom stereocenters. The first-order valence-corrected chi connectivity index (χ1v) is 9.90. The molecule has 2 heteroatoms. The zero-order valence-electron chi connectivity index (χ0n) is 6.56. The van der Waals surface area contributed by atoms with Gasteiger partial charge in [0.05, 0.1) is 0 Å². The average Bonchev–Trinajstić information content (AvgIpc) is 1.90. The quantitative estimate of drug-likeness (QED) is 0.557. The predicted octanol–water partition coefficient (Wildman–Crippen LogP) is 1.45. The molecule has 1 nitrogen and oxygen atoms in total. The molecule has 0 radical (unpaired) electrons. The van der Waals surface area contributed by atoms with E-state index < -0.39 is 16.2 Å². The molecule has 0 spiro atoms. The summed E-state index contributed by atoms with van der Waals surface area (Å²) >= 11 is -0.597. The number of hydrogen-bond donors (Lipinski definition) is 0. The number of rotatable bonds is 1. The van der Waals surface area contributed by atoms with Gasteiger partial charge < -0.3 is 0 Å². The zero-order chi connectivity index (χ0) is 6.69. The first-order chi connectivity index (χ1) is 4.33. The molecule has 0 aromatic heterocycles. The van der Waals surface area contributed by atoms with E-state index in [0.29, 0.717) is 0 Å². The van der Waals surface area contributed by atoms with E-state index in [2.05, 4.69) is 17.3 Å². The summed E-state index contributed by atoms with van der Waals surface area (Å²) in [5, 5.41) is 0. The second-order valence-electron chi connectivity index (χ2n) is 3.12. The molecule has 9 heavy (non-hydrogen) atoms. The van der Waals surface area contributed by atoms with E-state index in [9.17, 15) is 0 Å². The van der Waals surface area contributed by atoms with Crippen LogP contribution < -0.4 is 0 Å². The molecule has 1 saturated heterocycles. The van der Waals surface area contributed by atoms with Crippen LogP contribution in [0.5, 0.6) is 0 Å². The average molecular weight is 184 g/mol. The van der Waals surface area contributed by atoms with Crippen LogP contribution >= 0.6 is 0 Å². The summed E-state index contributed by atoms with van der Waals surface area (Å²) in [4.78, 5) is 5.77. The minimum absolute atomic E-state index is 0.597. The van der Waals surface area contributed by atoms with Crippen molar-refractivity contribution in [3.05, 3.63) is 0 Å². The summed E-state index contributed by atoms with van der Waals surface area (Å²) in [5.41, 5.74) is 2.54. The van der Waals surface area contributed by atoms with E-state index in [4.69, 9.17) is 0 Å². The van der Waals surface area contributed by atoms with Gasteiger partial charge in [-0.15, -0.1) is 0 Å². The SMILES string of the molecule is CCN1C[CH2][Ga]([CH3])[CH2]C1.